The van der Waals surface area contributed by atoms with Gasteiger partial charge in [0.2, 0.25) is 10.0 Å². The number of nitrogens with zero attached hydrogens (tertiary/aromatic N) is 1. The molecule has 17 heavy (non-hydrogen) atoms. The van der Waals surface area contributed by atoms with E-state index in [1.165, 1.54) is 32.3 Å². The quantitative estimate of drug-likeness (QED) is 0.469. The molecular formula is C9H12ClN3O3S. The molecule has 0 aliphatic carbocycles. The lowest BCUT2D eigenvalue weighted by atomic mass is 10.2. The molecule has 0 aromatic heterocycles. The smallest absolute Gasteiger partial charge is 0.265 e. The van der Waals surface area contributed by atoms with Crippen molar-refractivity contribution in [2.75, 3.05) is 14.1 Å². The highest BCUT2D eigenvalue weighted by molar-refractivity contribution is 7.89. The van der Waals surface area contributed by atoms with E-state index in [2.05, 4.69) is 0 Å². The van der Waals surface area contributed by atoms with Gasteiger partial charge < -0.3 is 0 Å². The fourth-order valence-corrected chi connectivity index (χ4v) is 2.52. The summed E-state index contributed by atoms with van der Waals surface area (Å²) in [5.41, 5.74) is 2.04. The largest absolute Gasteiger partial charge is 0.290 e. The number of nitrogens with one attached hydrogen (secondary N) is 1. The molecule has 8 heteroatoms. The maximum Gasteiger partial charge on any atom is 0.265 e. The first-order valence-electron chi connectivity index (χ1n) is 4.53. The third kappa shape index (κ3) is 2.75. The molecule has 6 nitrogen and oxygen atoms in total. The molecule has 0 atom stereocenters. The minimum Gasteiger partial charge on any atom is -0.290 e. The van der Waals surface area contributed by atoms with Crippen molar-refractivity contribution < 1.29 is 13.2 Å². The number of benzene rings is 1. The van der Waals surface area contributed by atoms with Crippen LogP contribution in [0, 0.1) is 0 Å². The number of rotatable bonds is 3. The monoisotopic (exact) mass is 277 g/mol. The topological polar surface area (TPSA) is 92.5 Å². The molecule has 0 radical (unpaired) electrons. The van der Waals surface area contributed by atoms with Gasteiger partial charge >= 0.3 is 0 Å². The van der Waals surface area contributed by atoms with Crippen molar-refractivity contribution >= 4 is 27.5 Å². The molecule has 0 unspecified atom stereocenters. The predicted octanol–water partition coefficient (Wildman–Crippen LogP) is 0.194. The van der Waals surface area contributed by atoms with Crippen molar-refractivity contribution in [1.82, 2.24) is 9.73 Å². The number of nitrogen functional groups attached to an aromatic ring is 1. The molecule has 1 aromatic rings. The molecular weight excluding hydrogens is 266 g/mol. The summed E-state index contributed by atoms with van der Waals surface area (Å²) in [6, 6.07) is 3.90. The predicted molar refractivity (Wildman–Crippen MR) is 64.0 cm³/mol. The second-order valence-electron chi connectivity index (χ2n) is 3.41. The highest BCUT2D eigenvalue weighted by Crippen LogP contribution is 2.24. The molecule has 0 aliphatic heterocycles. The van der Waals surface area contributed by atoms with Crippen LogP contribution < -0.4 is 11.3 Å². The SMILES string of the molecule is CN(C)S(=O)(=O)c1cc(C(=O)NN)ccc1Cl. The minimum atomic E-state index is -3.69. The Balaban J connectivity index is 3.40. The Bertz CT molecular complexity index is 542. The first-order valence-corrected chi connectivity index (χ1v) is 6.35. The van der Waals surface area contributed by atoms with E-state index in [4.69, 9.17) is 17.4 Å². The number of nitrogens with two attached hydrogens (primary N) is 1. The molecule has 94 valence electrons. The number of hydrazine groups is 1. The van der Waals surface area contributed by atoms with Gasteiger partial charge in [-0.2, -0.15) is 0 Å². The summed E-state index contributed by atoms with van der Waals surface area (Å²) in [5, 5.41) is 0.0484. The van der Waals surface area contributed by atoms with Gasteiger partial charge in [0.1, 0.15) is 4.90 Å². The van der Waals surface area contributed by atoms with Gasteiger partial charge in [0.25, 0.3) is 5.91 Å². The van der Waals surface area contributed by atoms with Gasteiger partial charge in [0.05, 0.1) is 5.02 Å². The molecule has 0 saturated heterocycles. The Morgan fingerprint density at radius 2 is 2.00 bits per heavy atom. The number of carbonyl (C=O) groups is 1. The average Bonchev–Trinajstić information content (AvgIpc) is 2.28. The van der Waals surface area contributed by atoms with E-state index in [0.29, 0.717) is 0 Å². The fourth-order valence-electron chi connectivity index (χ4n) is 1.12. The van der Waals surface area contributed by atoms with Gasteiger partial charge in [-0.1, -0.05) is 11.6 Å². The molecule has 1 aromatic carbocycles. The standard InChI is InChI=1S/C9H12ClN3O3S/c1-13(2)17(15,16)8-5-6(9(14)12-11)3-4-7(8)10/h3-5H,11H2,1-2H3,(H,12,14). The number of hydrogen-bond donors (Lipinski definition) is 2. The summed E-state index contributed by atoms with van der Waals surface area (Å²) in [6.07, 6.45) is 0. The summed E-state index contributed by atoms with van der Waals surface area (Å²) in [6.45, 7) is 0. The lowest BCUT2D eigenvalue weighted by Crippen LogP contribution is -2.30. The maximum atomic E-state index is 11.9. The maximum absolute atomic E-state index is 11.9. The zero-order valence-corrected chi connectivity index (χ0v) is 10.8. The normalized spacial score (nSPS) is 11.6. The van der Waals surface area contributed by atoms with Crippen LogP contribution in [0.2, 0.25) is 5.02 Å². The highest BCUT2D eigenvalue weighted by atomic mass is 35.5. The van der Waals surface area contributed by atoms with Crippen LogP contribution in [-0.2, 0) is 10.0 Å². The van der Waals surface area contributed by atoms with Crippen molar-refractivity contribution in [1.29, 1.82) is 0 Å². The fraction of sp³-hybridized carbons (Fsp3) is 0.222. The lowest BCUT2D eigenvalue weighted by Gasteiger charge is -2.13. The molecule has 3 N–H and O–H groups in total. The van der Waals surface area contributed by atoms with E-state index >= 15 is 0 Å². The molecule has 1 amide bonds. The highest BCUT2D eigenvalue weighted by Gasteiger charge is 2.22. The number of carbonyl (C=O) groups excluding carboxylic acids is 1. The van der Waals surface area contributed by atoms with Crippen LogP contribution in [-0.4, -0.2) is 32.7 Å². The van der Waals surface area contributed by atoms with Crippen LogP contribution in [0.4, 0.5) is 0 Å². The number of amides is 1. The Morgan fingerprint density at radius 1 is 1.41 bits per heavy atom. The zero-order valence-electron chi connectivity index (χ0n) is 9.27. The van der Waals surface area contributed by atoms with Gasteiger partial charge in [0, 0.05) is 19.7 Å². The van der Waals surface area contributed by atoms with E-state index in [0.717, 1.165) is 4.31 Å². The van der Waals surface area contributed by atoms with Gasteiger partial charge in [-0.25, -0.2) is 18.6 Å². The molecule has 0 heterocycles. The molecule has 1 rings (SSSR count). The van der Waals surface area contributed by atoms with Gasteiger partial charge in [-0.15, -0.1) is 0 Å². The Labute approximate surface area is 104 Å². The van der Waals surface area contributed by atoms with E-state index in [1.54, 1.807) is 0 Å². The van der Waals surface area contributed by atoms with Gasteiger partial charge in [-0.05, 0) is 18.2 Å². The Hall–Kier alpha value is -1.15. The Kier molecular flexibility index (Phi) is 4.10. The van der Waals surface area contributed by atoms with Crippen molar-refractivity contribution in [2.45, 2.75) is 4.90 Å². The van der Waals surface area contributed by atoms with E-state index in [-0.39, 0.29) is 15.5 Å². The second-order valence-corrected chi connectivity index (χ2v) is 5.93. The summed E-state index contributed by atoms with van der Waals surface area (Å²) < 4.78 is 24.8. The third-order valence-electron chi connectivity index (χ3n) is 2.08. The molecule has 0 fully saturated rings. The van der Waals surface area contributed by atoms with Crippen LogP contribution in [0.5, 0.6) is 0 Å². The third-order valence-corrected chi connectivity index (χ3v) is 4.38. The summed E-state index contributed by atoms with van der Waals surface area (Å²) in [5.74, 6) is 4.38. The van der Waals surface area contributed by atoms with Crippen LogP contribution >= 0.6 is 11.6 Å². The van der Waals surface area contributed by atoms with Crippen molar-refractivity contribution in [3.8, 4) is 0 Å². The molecule has 0 saturated carbocycles. The number of hydrogen-bond acceptors (Lipinski definition) is 4. The van der Waals surface area contributed by atoms with Crippen molar-refractivity contribution in [2.24, 2.45) is 5.84 Å². The zero-order chi connectivity index (χ0) is 13.2. The molecule has 0 aliphatic rings. The van der Waals surface area contributed by atoms with Crippen molar-refractivity contribution in [3.05, 3.63) is 28.8 Å². The van der Waals surface area contributed by atoms with Crippen LogP contribution in [0.25, 0.3) is 0 Å². The average molecular weight is 278 g/mol. The number of sulfonamides is 1. The van der Waals surface area contributed by atoms with E-state index < -0.39 is 15.9 Å². The summed E-state index contributed by atoms with van der Waals surface area (Å²) >= 11 is 5.80. The van der Waals surface area contributed by atoms with Crippen LogP contribution in [0.3, 0.4) is 0 Å². The first-order chi connectivity index (χ1) is 7.80. The van der Waals surface area contributed by atoms with Crippen LogP contribution in [0.15, 0.2) is 23.1 Å². The number of halogens is 1. The first kappa shape index (κ1) is 13.9. The Morgan fingerprint density at radius 3 is 2.47 bits per heavy atom. The van der Waals surface area contributed by atoms with Gasteiger partial charge in [0.15, 0.2) is 0 Å². The molecule has 0 spiro atoms. The second kappa shape index (κ2) is 5.01. The van der Waals surface area contributed by atoms with Crippen LogP contribution in [0.1, 0.15) is 10.4 Å². The minimum absolute atomic E-state index is 0.0484. The lowest BCUT2D eigenvalue weighted by molar-refractivity contribution is 0.0953. The van der Waals surface area contributed by atoms with Gasteiger partial charge in [-0.3, -0.25) is 10.2 Å². The summed E-state index contributed by atoms with van der Waals surface area (Å²) in [4.78, 5) is 11.2. The van der Waals surface area contributed by atoms with Crippen molar-refractivity contribution in [3.63, 3.8) is 0 Å². The summed E-state index contributed by atoms with van der Waals surface area (Å²) in [7, 11) is -0.939. The molecule has 0 bridgehead atoms. The van der Waals surface area contributed by atoms with E-state index in [1.807, 2.05) is 5.43 Å². The van der Waals surface area contributed by atoms with E-state index in [9.17, 15) is 13.2 Å².